The summed E-state index contributed by atoms with van der Waals surface area (Å²) in [6.45, 7) is 0.636. The summed E-state index contributed by atoms with van der Waals surface area (Å²) in [4.78, 5) is 12.5. The molecule has 1 amide bonds. The highest BCUT2D eigenvalue weighted by molar-refractivity contribution is 6.42. The molecule has 4 aromatic rings. The van der Waals surface area contributed by atoms with Crippen molar-refractivity contribution in [1.82, 2.24) is 19.6 Å². The molecule has 0 aliphatic carbocycles. The van der Waals surface area contributed by atoms with Crippen LogP contribution in [0.15, 0.2) is 67.1 Å². The van der Waals surface area contributed by atoms with Gasteiger partial charge in [0.1, 0.15) is 5.75 Å². The molecule has 2 aromatic heterocycles. The van der Waals surface area contributed by atoms with Crippen molar-refractivity contribution in [2.24, 2.45) is 0 Å². The SMILES string of the molecule is O=C(Nc1cnn(Cc2ccc(Cl)c(Cl)c2)c1)c1ccn(COc2cccc(Cl)c2)n1. The molecule has 31 heavy (non-hydrogen) atoms. The average molecular weight is 477 g/mol. The second-order valence-electron chi connectivity index (χ2n) is 6.60. The van der Waals surface area contributed by atoms with E-state index in [1.807, 2.05) is 6.07 Å². The second kappa shape index (κ2) is 9.43. The van der Waals surface area contributed by atoms with E-state index in [2.05, 4.69) is 15.5 Å². The third-order valence-electron chi connectivity index (χ3n) is 4.25. The highest BCUT2D eigenvalue weighted by atomic mass is 35.5. The third-order valence-corrected chi connectivity index (χ3v) is 5.23. The largest absolute Gasteiger partial charge is 0.471 e. The van der Waals surface area contributed by atoms with Gasteiger partial charge < -0.3 is 10.1 Å². The quantitative estimate of drug-likeness (QED) is 0.389. The van der Waals surface area contributed by atoms with Crippen molar-refractivity contribution < 1.29 is 9.53 Å². The fourth-order valence-electron chi connectivity index (χ4n) is 2.79. The van der Waals surface area contributed by atoms with Gasteiger partial charge in [-0.1, -0.05) is 46.9 Å². The highest BCUT2D eigenvalue weighted by Crippen LogP contribution is 2.23. The van der Waals surface area contributed by atoms with E-state index in [-0.39, 0.29) is 18.3 Å². The van der Waals surface area contributed by atoms with Gasteiger partial charge in [0.25, 0.3) is 5.91 Å². The van der Waals surface area contributed by atoms with Crippen molar-refractivity contribution in [3.05, 3.63) is 93.4 Å². The molecule has 2 aromatic carbocycles. The van der Waals surface area contributed by atoms with Gasteiger partial charge in [0.05, 0.1) is 28.5 Å². The van der Waals surface area contributed by atoms with E-state index >= 15 is 0 Å². The number of hydrogen-bond acceptors (Lipinski definition) is 4. The first-order valence-corrected chi connectivity index (χ1v) is 10.3. The van der Waals surface area contributed by atoms with Crippen LogP contribution in [-0.4, -0.2) is 25.5 Å². The Balaban J connectivity index is 1.34. The van der Waals surface area contributed by atoms with Gasteiger partial charge in [-0.25, -0.2) is 4.68 Å². The number of hydrogen-bond donors (Lipinski definition) is 1. The first-order chi connectivity index (χ1) is 15.0. The summed E-state index contributed by atoms with van der Waals surface area (Å²) in [7, 11) is 0. The molecule has 10 heteroatoms. The highest BCUT2D eigenvalue weighted by Gasteiger charge is 2.12. The van der Waals surface area contributed by atoms with Crippen LogP contribution in [0.2, 0.25) is 15.1 Å². The number of halogens is 3. The van der Waals surface area contributed by atoms with Crippen LogP contribution < -0.4 is 10.1 Å². The summed E-state index contributed by atoms with van der Waals surface area (Å²) in [5.74, 6) is 0.263. The minimum Gasteiger partial charge on any atom is -0.471 e. The average Bonchev–Trinajstić information content (AvgIpc) is 3.39. The van der Waals surface area contributed by atoms with Crippen LogP contribution >= 0.6 is 34.8 Å². The van der Waals surface area contributed by atoms with Gasteiger partial charge in [-0.15, -0.1) is 0 Å². The van der Waals surface area contributed by atoms with Gasteiger partial charge in [0.15, 0.2) is 12.4 Å². The predicted molar refractivity (Wildman–Crippen MR) is 120 cm³/mol. The van der Waals surface area contributed by atoms with Crippen molar-refractivity contribution in [3.63, 3.8) is 0 Å². The van der Waals surface area contributed by atoms with Crippen molar-refractivity contribution in [2.45, 2.75) is 13.3 Å². The fraction of sp³-hybridized carbons (Fsp3) is 0.0952. The van der Waals surface area contributed by atoms with Crippen LogP contribution in [0.5, 0.6) is 5.75 Å². The van der Waals surface area contributed by atoms with Crippen LogP contribution in [0.3, 0.4) is 0 Å². The molecule has 2 heterocycles. The number of rotatable bonds is 7. The number of benzene rings is 2. The van der Waals surface area contributed by atoms with Crippen LogP contribution in [0.1, 0.15) is 16.1 Å². The van der Waals surface area contributed by atoms with E-state index < -0.39 is 0 Å². The maximum Gasteiger partial charge on any atom is 0.276 e. The first kappa shape index (κ1) is 21.2. The molecule has 1 N–H and O–H groups in total. The Morgan fingerprint density at radius 2 is 1.90 bits per heavy atom. The minimum absolute atomic E-state index is 0.148. The van der Waals surface area contributed by atoms with Gasteiger partial charge in [-0.2, -0.15) is 10.2 Å². The van der Waals surface area contributed by atoms with Crippen molar-refractivity contribution in [2.75, 3.05) is 5.32 Å². The lowest BCUT2D eigenvalue weighted by Crippen LogP contribution is -2.14. The van der Waals surface area contributed by atoms with Crippen LogP contribution in [0, 0.1) is 0 Å². The monoisotopic (exact) mass is 475 g/mol. The van der Waals surface area contributed by atoms with Gasteiger partial charge in [0.2, 0.25) is 0 Å². The molecule has 0 bridgehead atoms. The molecule has 158 valence electrons. The summed E-state index contributed by atoms with van der Waals surface area (Å²) < 4.78 is 8.82. The van der Waals surface area contributed by atoms with Crippen molar-refractivity contribution >= 4 is 46.4 Å². The molecule has 0 unspecified atom stereocenters. The molecular formula is C21H16Cl3N5O2. The normalized spacial score (nSPS) is 10.8. The lowest BCUT2D eigenvalue weighted by Gasteiger charge is -2.06. The van der Waals surface area contributed by atoms with Crippen LogP contribution in [0.25, 0.3) is 0 Å². The lowest BCUT2D eigenvalue weighted by atomic mass is 10.2. The van der Waals surface area contributed by atoms with Crippen LogP contribution in [0.4, 0.5) is 5.69 Å². The summed E-state index contributed by atoms with van der Waals surface area (Å²) in [5, 5.41) is 12.8. The van der Waals surface area contributed by atoms with E-state index in [0.717, 1.165) is 5.56 Å². The third kappa shape index (κ3) is 5.58. The smallest absolute Gasteiger partial charge is 0.276 e. The van der Waals surface area contributed by atoms with E-state index in [9.17, 15) is 4.79 Å². The van der Waals surface area contributed by atoms with Gasteiger partial charge in [-0.3, -0.25) is 9.48 Å². The van der Waals surface area contributed by atoms with Gasteiger partial charge in [-0.05, 0) is 42.0 Å². The number of anilines is 1. The zero-order valence-corrected chi connectivity index (χ0v) is 18.3. The predicted octanol–water partition coefficient (Wildman–Crippen LogP) is 5.38. The molecule has 7 nitrogen and oxygen atoms in total. The van der Waals surface area contributed by atoms with Crippen molar-refractivity contribution in [3.8, 4) is 5.75 Å². The Hall–Kier alpha value is -3.00. The molecule has 0 saturated carbocycles. The molecule has 0 saturated heterocycles. The topological polar surface area (TPSA) is 74.0 Å². The van der Waals surface area contributed by atoms with Gasteiger partial charge in [0, 0.05) is 17.4 Å². The van der Waals surface area contributed by atoms with Gasteiger partial charge >= 0.3 is 0 Å². The van der Waals surface area contributed by atoms with E-state index in [4.69, 9.17) is 39.5 Å². The van der Waals surface area contributed by atoms with E-state index in [0.29, 0.717) is 33.0 Å². The Kier molecular flexibility index (Phi) is 6.46. The maximum atomic E-state index is 12.5. The number of nitrogens with one attached hydrogen (secondary N) is 1. The summed E-state index contributed by atoms with van der Waals surface area (Å²) >= 11 is 17.9. The number of amides is 1. The minimum atomic E-state index is -0.351. The maximum absolute atomic E-state index is 12.5. The standard InChI is InChI=1S/C21H16Cl3N5O2/c22-15-2-1-3-17(9-15)31-13-28-7-6-20(27-28)21(30)26-16-10-25-29(12-16)11-14-4-5-18(23)19(24)8-14/h1-10,12H,11,13H2,(H,26,30). The molecule has 0 spiro atoms. The number of ether oxygens (including phenoxy) is 1. The zero-order chi connectivity index (χ0) is 21.8. The molecule has 0 aliphatic rings. The fourth-order valence-corrected chi connectivity index (χ4v) is 3.29. The van der Waals surface area contributed by atoms with Crippen molar-refractivity contribution in [1.29, 1.82) is 0 Å². The zero-order valence-electron chi connectivity index (χ0n) is 16.0. The Labute approximate surface area is 193 Å². The Morgan fingerprint density at radius 3 is 2.71 bits per heavy atom. The molecule has 0 atom stereocenters. The Morgan fingerprint density at radius 1 is 1.03 bits per heavy atom. The number of carbonyl (C=O) groups excluding carboxylic acids is 1. The molecule has 0 fully saturated rings. The lowest BCUT2D eigenvalue weighted by molar-refractivity contribution is 0.102. The van der Waals surface area contributed by atoms with E-state index in [1.54, 1.807) is 65.7 Å². The summed E-state index contributed by atoms with van der Waals surface area (Å²) in [5.41, 5.74) is 1.75. The van der Waals surface area contributed by atoms with Crippen LogP contribution in [-0.2, 0) is 13.3 Å². The number of nitrogens with zero attached hydrogens (tertiary/aromatic N) is 4. The molecule has 0 aliphatic heterocycles. The molecular weight excluding hydrogens is 461 g/mol. The first-order valence-electron chi connectivity index (χ1n) is 9.16. The number of carbonyl (C=O) groups is 1. The second-order valence-corrected chi connectivity index (χ2v) is 7.85. The number of aromatic nitrogens is 4. The van der Waals surface area contributed by atoms with E-state index in [1.165, 1.54) is 4.68 Å². The summed E-state index contributed by atoms with van der Waals surface area (Å²) in [6, 6.07) is 14.0. The Bertz CT molecular complexity index is 1220. The molecule has 4 rings (SSSR count). The molecule has 0 radical (unpaired) electrons. The summed E-state index contributed by atoms with van der Waals surface area (Å²) in [6.07, 6.45) is 4.95.